The van der Waals surface area contributed by atoms with Crippen LogP contribution in [0.1, 0.15) is 24.4 Å². The molecule has 2 fully saturated rings. The molecule has 4 heteroatoms. The quantitative estimate of drug-likeness (QED) is 0.854. The maximum atomic E-state index is 9.04. The maximum absolute atomic E-state index is 9.04. The summed E-state index contributed by atoms with van der Waals surface area (Å²) in [6.45, 7) is 1.78. The Labute approximate surface area is 143 Å². The highest BCUT2D eigenvalue weighted by molar-refractivity contribution is 5.64. The number of hydrazine groups is 1. The molecule has 0 aromatic heterocycles. The van der Waals surface area contributed by atoms with E-state index >= 15 is 0 Å². The Morgan fingerprint density at radius 1 is 1.00 bits per heavy atom. The Kier molecular flexibility index (Phi) is 4.20. The minimum atomic E-state index is 0.329. The standard InChI is InChI=1S/C20H22N4/c21-14-24-10-9-18(13-24)20-12-19(22-23-20)17-8-4-7-16(11-17)15-5-2-1-3-6-15/h1-8,11,18-20,22-23H,9-10,12-13H2. The Hall–Kier alpha value is -2.35. The molecule has 0 aliphatic carbocycles. The number of rotatable bonds is 3. The monoisotopic (exact) mass is 318 g/mol. The Balaban J connectivity index is 1.47. The van der Waals surface area contributed by atoms with Gasteiger partial charge in [0.25, 0.3) is 0 Å². The van der Waals surface area contributed by atoms with Crippen molar-refractivity contribution in [3.05, 3.63) is 60.2 Å². The molecule has 3 atom stereocenters. The molecule has 0 bridgehead atoms. The largest absolute Gasteiger partial charge is 0.310 e. The topological polar surface area (TPSA) is 51.1 Å². The summed E-state index contributed by atoms with van der Waals surface area (Å²) in [5, 5.41) is 9.04. The zero-order valence-corrected chi connectivity index (χ0v) is 13.7. The normalized spacial score (nSPS) is 26.5. The van der Waals surface area contributed by atoms with E-state index in [1.54, 1.807) is 0 Å². The van der Waals surface area contributed by atoms with Gasteiger partial charge >= 0.3 is 0 Å². The smallest absolute Gasteiger partial charge is 0.179 e. The van der Waals surface area contributed by atoms with Crippen molar-refractivity contribution < 1.29 is 0 Å². The minimum absolute atomic E-state index is 0.329. The highest BCUT2D eigenvalue weighted by Crippen LogP contribution is 2.31. The van der Waals surface area contributed by atoms with Crippen molar-refractivity contribution in [3.8, 4) is 17.3 Å². The van der Waals surface area contributed by atoms with Crippen LogP contribution in [0.5, 0.6) is 0 Å². The first-order valence-corrected chi connectivity index (χ1v) is 8.64. The summed E-state index contributed by atoms with van der Waals surface area (Å²) in [5.41, 5.74) is 10.8. The van der Waals surface area contributed by atoms with Gasteiger partial charge in [-0.05, 0) is 41.5 Å². The van der Waals surface area contributed by atoms with Crippen LogP contribution >= 0.6 is 0 Å². The fourth-order valence-corrected chi connectivity index (χ4v) is 3.88. The van der Waals surface area contributed by atoms with Crippen molar-refractivity contribution in [2.75, 3.05) is 13.1 Å². The fraction of sp³-hybridized carbons (Fsp3) is 0.350. The average molecular weight is 318 g/mol. The van der Waals surface area contributed by atoms with Crippen molar-refractivity contribution in [1.29, 1.82) is 5.26 Å². The van der Waals surface area contributed by atoms with E-state index in [1.165, 1.54) is 16.7 Å². The molecule has 0 radical (unpaired) electrons. The van der Waals surface area contributed by atoms with E-state index < -0.39 is 0 Å². The highest BCUT2D eigenvalue weighted by atomic mass is 15.4. The van der Waals surface area contributed by atoms with Gasteiger partial charge in [-0.15, -0.1) is 0 Å². The Morgan fingerprint density at radius 3 is 2.62 bits per heavy atom. The lowest BCUT2D eigenvalue weighted by atomic mass is 9.92. The van der Waals surface area contributed by atoms with Gasteiger partial charge in [-0.2, -0.15) is 5.26 Å². The number of nitrogens with one attached hydrogen (secondary N) is 2. The van der Waals surface area contributed by atoms with Gasteiger partial charge in [-0.1, -0.05) is 48.5 Å². The summed E-state index contributed by atoms with van der Waals surface area (Å²) in [4.78, 5) is 1.87. The van der Waals surface area contributed by atoms with Crippen LogP contribution in [0, 0.1) is 17.4 Å². The van der Waals surface area contributed by atoms with Crippen LogP contribution in [0.2, 0.25) is 0 Å². The van der Waals surface area contributed by atoms with E-state index in [1.807, 2.05) is 11.0 Å². The van der Waals surface area contributed by atoms with Crippen molar-refractivity contribution in [3.63, 3.8) is 0 Å². The average Bonchev–Trinajstić information content (AvgIpc) is 3.32. The number of hydrogen-bond donors (Lipinski definition) is 2. The molecule has 0 spiro atoms. The van der Waals surface area contributed by atoms with Gasteiger partial charge < -0.3 is 4.90 Å². The first-order chi connectivity index (χ1) is 11.8. The van der Waals surface area contributed by atoms with Gasteiger partial charge in [0.15, 0.2) is 6.19 Å². The van der Waals surface area contributed by atoms with Crippen LogP contribution in [0.15, 0.2) is 54.6 Å². The Bertz CT molecular complexity index is 737. The number of nitrogens with zero attached hydrogens (tertiary/aromatic N) is 2. The van der Waals surface area contributed by atoms with Gasteiger partial charge in [0.2, 0.25) is 0 Å². The van der Waals surface area contributed by atoms with Crippen LogP contribution in [0.4, 0.5) is 0 Å². The zero-order chi connectivity index (χ0) is 16.4. The third-order valence-corrected chi connectivity index (χ3v) is 5.26. The second-order valence-electron chi connectivity index (χ2n) is 6.77. The van der Waals surface area contributed by atoms with Crippen LogP contribution in [0.3, 0.4) is 0 Å². The van der Waals surface area contributed by atoms with Crippen molar-refractivity contribution in [2.24, 2.45) is 5.92 Å². The molecular formula is C20H22N4. The van der Waals surface area contributed by atoms with Crippen LogP contribution in [-0.2, 0) is 0 Å². The molecule has 2 aliphatic heterocycles. The van der Waals surface area contributed by atoms with Crippen molar-refractivity contribution >= 4 is 0 Å². The summed E-state index contributed by atoms with van der Waals surface area (Å²) in [6, 6.07) is 20.1. The van der Waals surface area contributed by atoms with Crippen molar-refractivity contribution in [1.82, 2.24) is 15.8 Å². The lowest BCUT2D eigenvalue weighted by Crippen LogP contribution is -2.36. The van der Waals surface area contributed by atoms with Crippen LogP contribution < -0.4 is 10.9 Å². The SMILES string of the molecule is N#CN1CCC(C2CC(c3cccc(-c4ccccc4)c3)NN2)C1. The second-order valence-corrected chi connectivity index (χ2v) is 6.77. The predicted octanol–water partition coefficient (Wildman–Crippen LogP) is 3.06. The van der Waals surface area contributed by atoms with Gasteiger partial charge in [-0.3, -0.25) is 10.9 Å². The molecule has 2 heterocycles. The molecule has 2 saturated heterocycles. The molecule has 0 saturated carbocycles. The van der Waals surface area contributed by atoms with E-state index in [0.29, 0.717) is 18.0 Å². The molecular weight excluding hydrogens is 296 g/mol. The number of nitriles is 1. The number of hydrogen-bond acceptors (Lipinski definition) is 4. The lowest BCUT2D eigenvalue weighted by molar-refractivity contribution is 0.372. The van der Waals surface area contributed by atoms with Crippen LogP contribution in [-0.4, -0.2) is 24.0 Å². The molecule has 0 amide bonds. The van der Waals surface area contributed by atoms with E-state index in [2.05, 4.69) is 65.6 Å². The number of benzene rings is 2. The lowest BCUT2D eigenvalue weighted by Gasteiger charge is -2.17. The summed E-state index contributed by atoms with van der Waals surface area (Å²) in [7, 11) is 0. The molecule has 4 nitrogen and oxygen atoms in total. The van der Waals surface area contributed by atoms with Crippen LogP contribution in [0.25, 0.3) is 11.1 Å². The zero-order valence-electron chi connectivity index (χ0n) is 13.7. The van der Waals surface area contributed by atoms with Gasteiger partial charge in [0.1, 0.15) is 0 Å². The molecule has 122 valence electrons. The summed E-state index contributed by atoms with van der Waals surface area (Å²) in [5.74, 6) is 0.555. The molecule has 2 N–H and O–H groups in total. The highest BCUT2D eigenvalue weighted by Gasteiger charge is 2.34. The molecule has 24 heavy (non-hydrogen) atoms. The third kappa shape index (κ3) is 3.01. The number of likely N-dealkylation sites (tertiary alicyclic amines) is 1. The summed E-state index contributed by atoms with van der Waals surface area (Å²) >= 11 is 0. The van der Waals surface area contributed by atoms with E-state index in [0.717, 1.165) is 25.9 Å². The minimum Gasteiger partial charge on any atom is -0.310 e. The van der Waals surface area contributed by atoms with Gasteiger partial charge in [-0.25, -0.2) is 0 Å². The summed E-state index contributed by atoms with van der Waals surface area (Å²) < 4.78 is 0. The first-order valence-electron chi connectivity index (χ1n) is 8.64. The fourth-order valence-electron chi connectivity index (χ4n) is 3.88. The summed E-state index contributed by atoms with van der Waals surface area (Å²) in [6.07, 6.45) is 4.44. The molecule has 3 unspecified atom stereocenters. The predicted molar refractivity (Wildman–Crippen MR) is 94.6 cm³/mol. The second kappa shape index (κ2) is 6.64. The molecule has 4 rings (SSSR count). The molecule has 2 aliphatic rings. The van der Waals surface area contributed by atoms with Crippen molar-refractivity contribution in [2.45, 2.75) is 24.9 Å². The third-order valence-electron chi connectivity index (χ3n) is 5.26. The first kappa shape index (κ1) is 15.2. The maximum Gasteiger partial charge on any atom is 0.179 e. The Morgan fingerprint density at radius 2 is 1.83 bits per heavy atom. The van der Waals surface area contributed by atoms with E-state index in [-0.39, 0.29) is 0 Å². The van der Waals surface area contributed by atoms with Gasteiger partial charge in [0, 0.05) is 25.2 Å². The van der Waals surface area contributed by atoms with E-state index in [9.17, 15) is 0 Å². The van der Waals surface area contributed by atoms with E-state index in [4.69, 9.17) is 5.26 Å². The molecule has 2 aromatic carbocycles. The van der Waals surface area contributed by atoms with Gasteiger partial charge in [0.05, 0.1) is 0 Å². The molecule has 2 aromatic rings.